The quantitative estimate of drug-likeness (QED) is 0.368. The van der Waals surface area contributed by atoms with Crippen molar-refractivity contribution in [1.82, 2.24) is 9.78 Å². The second kappa shape index (κ2) is 9.05. The van der Waals surface area contributed by atoms with E-state index in [0.29, 0.717) is 5.69 Å². The van der Waals surface area contributed by atoms with Crippen molar-refractivity contribution in [2.24, 2.45) is 0 Å². The maximum absolute atomic E-state index is 13.9. The highest BCUT2D eigenvalue weighted by Crippen LogP contribution is 2.38. The lowest BCUT2D eigenvalue weighted by atomic mass is 10.0. The third kappa shape index (κ3) is 4.52. The molecule has 0 aliphatic carbocycles. The van der Waals surface area contributed by atoms with Gasteiger partial charge in [-0.25, -0.2) is 9.48 Å². The second-order valence-corrected chi connectivity index (χ2v) is 7.31. The zero-order valence-electron chi connectivity index (χ0n) is 18.1. The number of benzene rings is 2. The standard InChI is InChI=1S/C24H19F3N2O5/c1-3-32-23(31)14(2)33-17-9-10-18-19(11-17)34-22(24(25,26)27)20(21(18)30)15-12-28-29(13-15)16-7-5-4-6-8-16/h4-14H,3H2,1-2H3/t14-/m1/s1. The molecular weight excluding hydrogens is 453 g/mol. The Morgan fingerprint density at radius 3 is 2.59 bits per heavy atom. The van der Waals surface area contributed by atoms with Gasteiger partial charge in [0.1, 0.15) is 11.3 Å². The van der Waals surface area contributed by atoms with Crippen LogP contribution in [0.2, 0.25) is 0 Å². The first kappa shape index (κ1) is 23.1. The molecule has 2 aromatic heterocycles. The van der Waals surface area contributed by atoms with Crippen molar-refractivity contribution in [2.75, 3.05) is 6.61 Å². The van der Waals surface area contributed by atoms with Gasteiger partial charge >= 0.3 is 12.1 Å². The van der Waals surface area contributed by atoms with Gasteiger partial charge in [-0.15, -0.1) is 0 Å². The van der Waals surface area contributed by atoms with Gasteiger partial charge in [-0.3, -0.25) is 4.79 Å². The van der Waals surface area contributed by atoms with Crippen molar-refractivity contribution >= 4 is 16.9 Å². The molecule has 0 radical (unpaired) electrons. The van der Waals surface area contributed by atoms with Crippen LogP contribution in [0.15, 0.2) is 70.1 Å². The molecule has 4 rings (SSSR count). The molecule has 0 aliphatic rings. The van der Waals surface area contributed by atoms with Crippen molar-refractivity contribution in [2.45, 2.75) is 26.1 Å². The summed E-state index contributed by atoms with van der Waals surface area (Å²) in [6.07, 6.45) is -3.44. The number of hydrogen-bond acceptors (Lipinski definition) is 6. The lowest BCUT2D eigenvalue weighted by Gasteiger charge is -2.15. The number of carbonyl (C=O) groups is 1. The summed E-state index contributed by atoms with van der Waals surface area (Å²) < 4.78 is 58.6. The first-order chi connectivity index (χ1) is 16.2. The summed E-state index contributed by atoms with van der Waals surface area (Å²) in [6, 6.07) is 12.6. The number of nitrogens with zero attached hydrogens (tertiary/aromatic N) is 2. The number of esters is 1. The molecule has 2 aromatic carbocycles. The highest BCUT2D eigenvalue weighted by Gasteiger charge is 2.39. The molecule has 0 amide bonds. The van der Waals surface area contributed by atoms with Crippen LogP contribution in [0.5, 0.6) is 5.75 Å². The minimum absolute atomic E-state index is 0.0388. The van der Waals surface area contributed by atoms with Crippen molar-refractivity contribution in [3.63, 3.8) is 0 Å². The van der Waals surface area contributed by atoms with Crippen LogP contribution in [0.4, 0.5) is 13.2 Å². The summed E-state index contributed by atoms with van der Waals surface area (Å²) in [5, 5.41) is 4.01. The van der Waals surface area contributed by atoms with Gasteiger partial charge in [0.15, 0.2) is 6.10 Å². The maximum Gasteiger partial charge on any atom is 0.450 e. The summed E-state index contributed by atoms with van der Waals surface area (Å²) in [5.41, 5.74) is -1.26. The Morgan fingerprint density at radius 2 is 1.91 bits per heavy atom. The van der Waals surface area contributed by atoms with Gasteiger partial charge in [0, 0.05) is 17.8 Å². The Labute approximate surface area is 191 Å². The largest absolute Gasteiger partial charge is 0.479 e. The van der Waals surface area contributed by atoms with Crippen LogP contribution < -0.4 is 10.2 Å². The summed E-state index contributed by atoms with van der Waals surface area (Å²) in [7, 11) is 0. The molecule has 7 nitrogen and oxygen atoms in total. The van der Waals surface area contributed by atoms with E-state index in [4.69, 9.17) is 13.9 Å². The normalized spacial score (nSPS) is 12.5. The van der Waals surface area contributed by atoms with Crippen LogP contribution in [-0.4, -0.2) is 28.5 Å². The van der Waals surface area contributed by atoms with Crippen molar-refractivity contribution in [3.8, 4) is 22.6 Å². The Balaban J connectivity index is 1.80. The van der Waals surface area contributed by atoms with E-state index in [-0.39, 0.29) is 28.9 Å². The molecule has 0 saturated heterocycles. The van der Waals surface area contributed by atoms with Gasteiger partial charge in [0.2, 0.25) is 11.2 Å². The molecule has 0 spiro atoms. The zero-order valence-corrected chi connectivity index (χ0v) is 18.1. The summed E-state index contributed by atoms with van der Waals surface area (Å²) in [5.74, 6) is -2.03. The van der Waals surface area contributed by atoms with Gasteiger partial charge < -0.3 is 13.9 Å². The molecular formula is C24H19F3N2O5. The molecule has 176 valence electrons. The van der Waals surface area contributed by atoms with E-state index in [2.05, 4.69) is 5.10 Å². The van der Waals surface area contributed by atoms with Crippen LogP contribution in [0.1, 0.15) is 19.6 Å². The predicted octanol–water partition coefficient (Wildman–Crippen LogP) is 4.99. The number of alkyl halides is 3. The van der Waals surface area contributed by atoms with Crippen LogP contribution in [-0.2, 0) is 15.7 Å². The Hall–Kier alpha value is -4.08. The summed E-state index contributed by atoms with van der Waals surface area (Å²) in [6.45, 7) is 3.22. The lowest BCUT2D eigenvalue weighted by molar-refractivity contribution is -0.152. The summed E-state index contributed by atoms with van der Waals surface area (Å²) >= 11 is 0. The number of halogens is 3. The molecule has 0 unspecified atom stereocenters. The lowest BCUT2D eigenvalue weighted by Crippen LogP contribution is -2.26. The third-order valence-corrected chi connectivity index (χ3v) is 4.94. The van der Waals surface area contributed by atoms with Gasteiger partial charge in [-0.05, 0) is 38.1 Å². The van der Waals surface area contributed by atoms with Gasteiger partial charge in [-0.1, -0.05) is 18.2 Å². The van der Waals surface area contributed by atoms with Gasteiger partial charge in [0.25, 0.3) is 0 Å². The number of para-hydroxylation sites is 1. The topological polar surface area (TPSA) is 83.6 Å². The molecule has 0 saturated carbocycles. The van der Waals surface area contributed by atoms with Crippen molar-refractivity contribution in [1.29, 1.82) is 0 Å². The molecule has 10 heteroatoms. The number of hydrogen-bond donors (Lipinski definition) is 0. The predicted molar refractivity (Wildman–Crippen MR) is 117 cm³/mol. The number of fused-ring (bicyclic) bond motifs is 1. The van der Waals surface area contributed by atoms with E-state index >= 15 is 0 Å². The van der Waals surface area contributed by atoms with E-state index in [9.17, 15) is 22.8 Å². The van der Waals surface area contributed by atoms with Crippen LogP contribution >= 0.6 is 0 Å². The molecule has 2 heterocycles. The van der Waals surface area contributed by atoms with Crippen LogP contribution in [0.3, 0.4) is 0 Å². The Bertz CT molecular complexity index is 1390. The number of carbonyl (C=O) groups excluding carboxylic acids is 1. The first-order valence-corrected chi connectivity index (χ1v) is 10.3. The monoisotopic (exact) mass is 472 g/mol. The van der Waals surface area contributed by atoms with Crippen LogP contribution in [0.25, 0.3) is 27.8 Å². The second-order valence-electron chi connectivity index (χ2n) is 7.31. The highest BCUT2D eigenvalue weighted by molar-refractivity contribution is 5.84. The number of ether oxygens (including phenoxy) is 2. The maximum atomic E-state index is 13.9. The van der Waals surface area contributed by atoms with E-state index in [1.165, 1.54) is 36.1 Å². The fraction of sp³-hybridized carbons (Fsp3) is 0.208. The minimum atomic E-state index is -4.95. The number of aromatic nitrogens is 2. The molecule has 34 heavy (non-hydrogen) atoms. The zero-order chi connectivity index (χ0) is 24.5. The van der Waals surface area contributed by atoms with E-state index in [1.54, 1.807) is 37.3 Å². The first-order valence-electron chi connectivity index (χ1n) is 10.3. The SMILES string of the molecule is CCOC(=O)[C@@H](C)Oc1ccc2c(=O)c(-c3cnn(-c4ccccc4)c3)c(C(F)(F)F)oc2c1. The fourth-order valence-electron chi connectivity index (χ4n) is 3.39. The highest BCUT2D eigenvalue weighted by atomic mass is 19.4. The molecule has 4 aromatic rings. The van der Waals surface area contributed by atoms with E-state index < -0.39 is 35.0 Å². The molecule has 0 N–H and O–H groups in total. The third-order valence-electron chi connectivity index (χ3n) is 4.94. The minimum Gasteiger partial charge on any atom is -0.479 e. The average molecular weight is 472 g/mol. The molecule has 1 atom stereocenters. The molecule has 0 fully saturated rings. The van der Waals surface area contributed by atoms with Crippen LogP contribution in [0, 0.1) is 0 Å². The molecule has 0 aliphatic heterocycles. The fourth-order valence-corrected chi connectivity index (χ4v) is 3.39. The van der Waals surface area contributed by atoms with E-state index in [1.807, 2.05) is 0 Å². The van der Waals surface area contributed by atoms with E-state index in [0.717, 1.165) is 6.07 Å². The van der Waals surface area contributed by atoms with Gasteiger partial charge in [0.05, 0.1) is 29.4 Å². The Morgan fingerprint density at radius 1 is 1.18 bits per heavy atom. The van der Waals surface area contributed by atoms with Crippen molar-refractivity contribution in [3.05, 3.63) is 76.9 Å². The molecule has 0 bridgehead atoms. The van der Waals surface area contributed by atoms with Gasteiger partial charge in [-0.2, -0.15) is 18.3 Å². The average Bonchev–Trinajstić information content (AvgIpc) is 3.29. The Kier molecular flexibility index (Phi) is 6.14. The summed E-state index contributed by atoms with van der Waals surface area (Å²) in [4.78, 5) is 24.9. The smallest absolute Gasteiger partial charge is 0.450 e. The van der Waals surface area contributed by atoms with Crippen molar-refractivity contribution < 1.29 is 31.9 Å². The number of rotatable bonds is 6.